The second-order valence-electron chi connectivity index (χ2n) is 10.4. The van der Waals surface area contributed by atoms with Gasteiger partial charge in [0.05, 0.1) is 18.1 Å². The van der Waals surface area contributed by atoms with Crippen molar-refractivity contribution in [2.24, 2.45) is 17.8 Å². The molecule has 6 atom stereocenters. The van der Waals surface area contributed by atoms with Crippen molar-refractivity contribution in [1.29, 1.82) is 0 Å². The highest BCUT2D eigenvalue weighted by atomic mass is 16.6. The van der Waals surface area contributed by atoms with Crippen molar-refractivity contribution < 1.29 is 29.0 Å². The predicted molar refractivity (Wildman–Crippen MR) is 133 cm³/mol. The van der Waals surface area contributed by atoms with E-state index >= 15 is 0 Å². The summed E-state index contributed by atoms with van der Waals surface area (Å²) in [7, 11) is 0. The van der Waals surface area contributed by atoms with Crippen molar-refractivity contribution in [2.75, 3.05) is 26.3 Å². The summed E-state index contributed by atoms with van der Waals surface area (Å²) in [5.41, 5.74) is -1.01. The molecule has 3 saturated heterocycles. The quantitative estimate of drug-likeness (QED) is 0.286. The van der Waals surface area contributed by atoms with Crippen molar-refractivity contribution in [3.8, 4) is 0 Å². The molecule has 36 heavy (non-hydrogen) atoms. The Kier molecular flexibility index (Phi) is 7.57. The molecule has 2 bridgehead atoms. The standard InChI is InChI=1S/C28H38N2O6/c1-5-14-29(18-20-12-8-7-9-13-20)25(33)23-28-17-19(3)27(4,36-28)22(26(34)35-6-2)21(28)24(32)30(23)15-10-11-16-31/h5,7-9,12-13,19,21-23,31H,1,6,10-11,14-18H2,2-4H3/t19?,21-,22+,23?,27-,28?/m0/s1. The van der Waals surface area contributed by atoms with Gasteiger partial charge in [-0.2, -0.15) is 0 Å². The molecule has 0 radical (unpaired) electrons. The lowest BCUT2D eigenvalue weighted by Gasteiger charge is -2.37. The number of hydrogen-bond acceptors (Lipinski definition) is 6. The van der Waals surface area contributed by atoms with E-state index in [2.05, 4.69) is 6.58 Å². The second kappa shape index (κ2) is 10.3. The number of ether oxygens (including phenoxy) is 2. The van der Waals surface area contributed by atoms with E-state index < -0.39 is 35.0 Å². The van der Waals surface area contributed by atoms with Crippen LogP contribution < -0.4 is 0 Å². The number of unbranched alkanes of at least 4 members (excludes halogenated alkanes) is 1. The molecule has 3 aliphatic heterocycles. The van der Waals surface area contributed by atoms with Crippen molar-refractivity contribution in [2.45, 2.75) is 63.8 Å². The molecule has 1 aromatic carbocycles. The Morgan fingerprint density at radius 2 is 2.03 bits per heavy atom. The minimum Gasteiger partial charge on any atom is -0.466 e. The van der Waals surface area contributed by atoms with E-state index in [-0.39, 0.29) is 30.9 Å². The number of amides is 2. The highest BCUT2D eigenvalue weighted by Gasteiger charge is 2.80. The summed E-state index contributed by atoms with van der Waals surface area (Å²) in [6.07, 6.45) is 3.25. The Morgan fingerprint density at radius 3 is 2.67 bits per heavy atom. The number of aliphatic hydroxyl groups is 1. The Labute approximate surface area is 213 Å². The zero-order valence-electron chi connectivity index (χ0n) is 21.5. The van der Waals surface area contributed by atoms with E-state index in [0.717, 1.165) is 5.56 Å². The fraction of sp³-hybridized carbons (Fsp3) is 0.607. The normalized spacial score (nSPS) is 32.4. The highest BCUT2D eigenvalue weighted by Crippen LogP contribution is 2.65. The number of carbonyl (C=O) groups is 3. The maximum Gasteiger partial charge on any atom is 0.312 e. The van der Waals surface area contributed by atoms with Crippen molar-refractivity contribution in [3.05, 3.63) is 48.6 Å². The van der Waals surface area contributed by atoms with E-state index in [4.69, 9.17) is 9.47 Å². The molecule has 0 aliphatic carbocycles. The SMILES string of the molecule is C=CCN(Cc1ccccc1)C(=O)C1N(CCCCO)C(=O)[C@@H]2[C@H](C(=O)OCC)[C@@]3(C)OC12CC3C. The van der Waals surface area contributed by atoms with E-state index in [1.54, 1.807) is 22.8 Å². The first-order valence-corrected chi connectivity index (χ1v) is 13.0. The summed E-state index contributed by atoms with van der Waals surface area (Å²) < 4.78 is 12.1. The first-order valence-electron chi connectivity index (χ1n) is 13.0. The van der Waals surface area contributed by atoms with E-state index in [1.165, 1.54) is 0 Å². The van der Waals surface area contributed by atoms with Crippen LogP contribution in [0.1, 0.15) is 45.6 Å². The number of benzene rings is 1. The minimum absolute atomic E-state index is 0.00284. The molecular weight excluding hydrogens is 460 g/mol. The topological polar surface area (TPSA) is 96.4 Å². The molecule has 3 aliphatic rings. The van der Waals surface area contributed by atoms with Gasteiger partial charge in [-0.25, -0.2) is 0 Å². The second-order valence-corrected chi connectivity index (χ2v) is 10.4. The number of hydrogen-bond donors (Lipinski definition) is 1. The van der Waals surface area contributed by atoms with Crippen molar-refractivity contribution in [3.63, 3.8) is 0 Å². The van der Waals surface area contributed by atoms with Crippen LogP contribution in [0.5, 0.6) is 0 Å². The third-order valence-corrected chi connectivity index (χ3v) is 8.27. The number of rotatable bonds is 11. The first kappa shape index (κ1) is 26.4. The molecule has 1 N–H and O–H groups in total. The summed E-state index contributed by atoms with van der Waals surface area (Å²) in [5, 5.41) is 9.34. The summed E-state index contributed by atoms with van der Waals surface area (Å²) in [4.78, 5) is 44.8. The van der Waals surface area contributed by atoms with Crippen LogP contribution in [0.4, 0.5) is 0 Å². The van der Waals surface area contributed by atoms with Gasteiger partial charge in [0.1, 0.15) is 17.6 Å². The van der Waals surface area contributed by atoms with Gasteiger partial charge in [-0.3, -0.25) is 14.4 Å². The molecule has 1 spiro atoms. The zero-order chi connectivity index (χ0) is 26.1. The average Bonchev–Trinajstić information content (AvgIpc) is 3.36. The van der Waals surface area contributed by atoms with Crippen LogP contribution in [-0.4, -0.2) is 76.2 Å². The predicted octanol–water partition coefficient (Wildman–Crippen LogP) is 2.55. The summed E-state index contributed by atoms with van der Waals surface area (Å²) in [6, 6.07) is 8.83. The van der Waals surface area contributed by atoms with Crippen molar-refractivity contribution >= 4 is 17.8 Å². The highest BCUT2D eigenvalue weighted by molar-refractivity contribution is 5.98. The molecule has 0 saturated carbocycles. The van der Waals surface area contributed by atoms with Crippen LogP contribution in [-0.2, 0) is 30.4 Å². The van der Waals surface area contributed by atoms with Gasteiger partial charge in [-0.05, 0) is 44.6 Å². The molecule has 4 rings (SSSR count). The van der Waals surface area contributed by atoms with Gasteiger partial charge in [0, 0.05) is 26.2 Å². The maximum absolute atomic E-state index is 14.3. The molecule has 3 heterocycles. The van der Waals surface area contributed by atoms with Crippen molar-refractivity contribution in [1.82, 2.24) is 9.80 Å². The van der Waals surface area contributed by atoms with Gasteiger partial charge in [-0.15, -0.1) is 6.58 Å². The third kappa shape index (κ3) is 4.14. The molecule has 196 valence electrons. The maximum atomic E-state index is 14.3. The van der Waals surface area contributed by atoms with Crippen LogP contribution >= 0.6 is 0 Å². The molecule has 8 nitrogen and oxygen atoms in total. The molecule has 8 heteroatoms. The Balaban J connectivity index is 1.75. The largest absolute Gasteiger partial charge is 0.466 e. The third-order valence-electron chi connectivity index (χ3n) is 8.27. The Bertz CT molecular complexity index is 999. The number of fused-ring (bicyclic) bond motifs is 1. The monoisotopic (exact) mass is 498 g/mol. The average molecular weight is 499 g/mol. The smallest absolute Gasteiger partial charge is 0.312 e. The van der Waals surface area contributed by atoms with Crippen LogP contribution in [0.3, 0.4) is 0 Å². The van der Waals surface area contributed by atoms with Crippen LogP contribution in [0.15, 0.2) is 43.0 Å². The van der Waals surface area contributed by atoms with E-state index in [1.807, 2.05) is 44.2 Å². The first-order chi connectivity index (χ1) is 17.2. The number of likely N-dealkylation sites (tertiary alicyclic amines) is 1. The molecule has 3 unspecified atom stereocenters. The lowest BCUT2D eigenvalue weighted by molar-refractivity contribution is -0.162. The van der Waals surface area contributed by atoms with Gasteiger partial charge in [-0.1, -0.05) is 43.3 Å². The lowest BCUT2D eigenvalue weighted by atomic mass is 9.62. The van der Waals surface area contributed by atoms with E-state index in [0.29, 0.717) is 38.9 Å². The zero-order valence-corrected chi connectivity index (χ0v) is 21.5. The Hall–Kier alpha value is -2.71. The van der Waals surface area contributed by atoms with E-state index in [9.17, 15) is 19.5 Å². The fourth-order valence-corrected chi connectivity index (χ4v) is 6.61. The summed E-state index contributed by atoms with van der Waals surface area (Å²) in [6.45, 7) is 10.7. The van der Waals surface area contributed by atoms with Crippen LogP contribution in [0.25, 0.3) is 0 Å². The van der Waals surface area contributed by atoms with Gasteiger partial charge in [0.25, 0.3) is 0 Å². The lowest BCUT2D eigenvalue weighted by Crippen LogP contribution is -2.56. The van der Waals surface area contributed by atoms with Gasteiger partial charge < -0.3 is 24.4 Å². The van der Waals surface area contributed by atoms with Crippen LogP contribution in [0.2, 0.25) is 0 Å². The molecule has 2 amide bonds. The summed E-state index contributed by atoms with van der Waals surface area (Å²) >= 11 is 0. The number of nitrogens with zero attached hydrogens (tertiary/aromatic N) is 2. The fourth-order valence-electron chi connectivity index (χ4n) is 6.61. The number of esters is 1. The number of carbonyl (C=O) groups excluding carboxylic acids is 3. The van der Waals surface area contributed by atoms with Crippen LogP contribution in [0, 0.1) is 17.8 Å². The molecule has 3 fully saturated rings. The van der Waals surface area contributed by atoms with Gasteiger partial charge >= 0.3 is 5.97 Å². The summed E-state index contributed by atoms with van der Waals surface area (Å²) in [5.74, 6) is -2.47. The minimum atomic E-state index is -1.10. The molecular formula is C28H38N2O6. The molecule has 0 aromatic heterocycles. The van der Waals surface area contributed by atoms with Gasteiger partial charge in [0.2, 0.25) is 11.8 Å². The Morgan fingerprint density at radius 1 is 1.31 bits per heavy atom. The number of aliphatic hydroxyl groups excluding tert-OH is 1. The van der Waals surface area contributed by atoms with Gasteiger partial charge in [0.15, 0.2) is 0 Å². The molecule has 1 aromatic rings.